The van der Waals surface area contributed by atoms with Crippen LogP contribution in [-0.4, -0.2) is 62.4 Å². The molecule has 2 aromatic rings. The highest BCUT2D eigenvalue weighted by atomic mass is 19.1. The number of ether oxygens (including phenoxy) is 1. The van der Waals surface area contributed by atoms with Gasteiger partial charge in [-0.15, -0.1) is 5.10 Å². The SMILES string of the molecule is CC(C)c1nc(C(=O)N2CCO[C@@H](C(=O)O)C2)nn1-c1cccc(F)c1. The molecular weight excluding hydrogens is 343 g/mol. The molecule has 138 valence electrons. The van der Waals surface area contributed by atoms with E-state index in [1.54, 1.807) is 12.1 Å². The van der Waals surface area contributed by atoms with Gasteiger partial charge in [0.2, 0.25) is 5.82 Å². The number of aromatic nitrogens is 3. The molecule has 1 aliphatic heterocycles. The molecule has 1 N–H and O–H groups in total. The molecule has 8 nitrogen and oxygen atoms in total. The Morgan fingerprint density at radius 2 is 2.15 bits per heavy atom. The van der Waals surface area contributed by atoms with Gasteiger partial charge < -0.3 is 14.7 Å². The van der Waals surface area contributed by atoms with E-state index in [4.69, 9.17) is 9.84 Å². The number of aliphatic carboxylic acids is 1. The Balaban J connectivity index is 1.92. The summed E-state index contributed by atoms with van der Waals surface area (Å²) in [6.45, 7) is 4.10. The van der Waals surface area contributed by atoms with Gasteiger partial charge in [-0.3, -0.25) is 4.79 Å². The predicted octanol–water partition coefficient (Wildman–Crippen LogP) is 1.46. The average molecular weight is 362 g/mol. The number of hydrogen-bond acceptors (Lipinski definition) is 5. The van der Waals surface area contributed by atoms with Gasteiger partial charge in [-0.25, -0.2) is 18.9 Å². The molecule has 1 aromatic heterocycles. The quantitative estimate of drug-likeness (QED) is 0.884. The third kappa shape index (κ3) is 3.57. The first kappa shape index (κ1) is 18.0. The van der Waals surface area contributed by atoms with Gasteiger partial charge in [0.05, 0.1) is 18.8 Å². The average Bonchev–Trinajstić information content (AvgIpc) is 3.07. The van der Waals surface area contributed by atoms with Crippen molar-refractivity contribution in [1.82, 2.24) is 19.7 Å². The van der Waals surface area contributed by atoms with E-state index in [1.165, 1.54) is 21.7 Å². The van der Waals surface area contributed by atoms with Crippen molar-refractivity contribution in [3.8, 4) is 5.69 Å². The minimum atomic E-state index is -1.12. The second-order valence-corrected chi connectivity index (χ2v) is 6.29. The van der Waals surface area contributed by atoms with Gasteiger partial charge in [0.15, 0.2) is 6.10 Å². The van der Waals surface area contributed by atoms with Crippen LogP contribution in [0.25, 0.3) is 5.69 Å². The van der Waals surface area contributed by atoms with Crippen molar-refractivity contribution in [2.75, 3.05) is 19.7 Å². The number of carboxylic acid groups (broad SMARTS) is 1. The zero-order valence-corrected chi connectivity index (χ0v) is 14.4. The highest BCUT2D eigenvalue weighted by Gasteiger charge is 2.32. The molecule has 3 rings (SSSR count). The molecule has 0 aliphatic carbocycles. The van der Waals surface area contributed by atoms with E-state index < -0.39 is 23.8 Å². The lowest BCUT2D eigenvalue weighted by Gasteiger charge is -2.29. The lowest BCUT2D eigenvalue weighted by molar-refractivity contribution is -0.154. The van der Waals surface area contributed by atoms with Crippen LogP contribution in [0.15, 0.2) is 24.3 Å². The summed E-state index contributed by atoms with van der Waals surface area (Å²) in [7, 11) is 0. The van der Waals surface area contributed by atoms with E-state index in [1.807, 2.05) is 13.8 Å². The molecule has 2 heterocycles. The Bertz CT molecular complexity index is 836. The lowest BCUT2D eigenvalue weighted by atomic mass is 10.2. The van der Waals surface area contributed by atoms with Crippen LogP contribution in [0.3, 0.4) is 0 Å². The molecule has 1 amide bonds. The van der Waals surface area contributed by atoms with Gasteiger partial charge in [0, 0.05) is 12.5 Å². The van der Waals surface area contributed by atoms with Crippen molar-refractivity contribution in [3.63, 3.8) is 0 Å². The van der Waals surface area contributed by atoms with Crippen LogP contribution in [-0.2, 0) is 9.53 Å². The zero-order chi connectivity index (χ0) is 18.8. The number of carbonyl (C=O) groups is 2. The number of carboxylic acids is 1. The molecular formula is C17H19FN4O4. The molecule has 1 aromatic carbocycles. The fourth-order valence-corrected chi connectivity index (χ4v) is 2.71. The summed E-state index contributed by atoms with van der Waals surface area (Å²) in [4.78, 5) is 29.5. The van der Waals surface area contributed by atoms with Gasteiger partial charge in [-0.05, 0) is 18.2 Å². The number of hydrogen-bond donors (Lipinski definition) is 1. The van der Waals surface area contributed by atoms with Gasteiger partial charge >= 0.3 is 5.97 Å². The number of amides is 1. The maximum Gasteiger partial charge on any atom is 0.334 e. The van der Waals surface area contributed by atoms with E-state index >= 15 is 0 Å². The summed E-state index contributed by atoms with van der Waals surface area (Å²) in [5, 5.41) is 13.3. The van der Waals surface area contributed by atoms with Gasteiger partial charge in [-0.2, -0.15) is 0 Å². The van der Waals surface area contributed by atoms with E-state index in [0.717, 1.165) is 0 Å². The minimum Gasteiger partial charge on any atom is -0.479 e. The van der Waals surface area contributed by atoms with Gasteiger partial charge in [-0.1, -0.05) is 19.9 Å². The number of nitrogens with zero attached hydrogens (tertiary/aromatic N) is 4. The van der Waals surface area contributed by atoms with E-state index in [0.29, 0.717) is 11.5 Å². The number of rotatable bonds is 4. The summed E-state index contributed by atoms with van der Waals surface area (Å²) < 4.78 is 20.1. The fourth-order valence-electron chi connectivity index (χ4n) is 2.71. The van der Waals surface area contributed by atoms with Crippen molar-refractivity contribution in [2.24, 2.45) is 0 Å². The van der Waals surface area contributed by atoms with E-state index in [-0.39, 0.29) is 31.4 Å². The van der Waals surface area contributed by atoms with Crippen LogP contribution in [0.2, 0.25) is 0 Å². The molecule has 26 heavy (non-hydrogen) atoms. The fraction of sp³-hybridized carbons (Fsp3) is 0.412. The molecule has 0 bridgehead atoms. The molecule has 0 spiro atoms. The topological polar surface area (TPSA) is 97.6 Å². The summed E-state index contributed by atoms with van der Waals surface area (Å²) in [6, 6.07) is 5.86. The Hall–Kier alpha value is -2.81. The number of halogens is 1. The van der Waals surface area contributed by atoms with Crippen molar-refractivity contribution in [1.29, 1.82) is 0 Å². The zero-order valence-electron chi connectivity index (χ0n) is 14.4. The predicted molar refractivity (Wildman–Crippen MR) is 88.7 cm³/mol. The first-order valence-corrected chi connectivity index (χ1v) is 8.23. The van der Waals surface area contributed by atoms with Crippen molar-refractivity contribution >= 4 is 11.9 Å². The van der Waals surface area contributed by atoms with Gasteiger partial charge in [0.1, 0.15) is 11.6 Å². The molecule has 1 atom stereocenters. The first-order chi connectivity index (χ1) is 12.4. The highest BCUT2D eigenvalue weighted by molar-refractivity contribution is 5.91. The molecule has 9 heteroatoms. The maximum atomic E-state index is 13.6. The molecule has 1 fully saturated rings. The number of carbonyl (C=O) groups excluding carboxylic acids is 1. The second-order valence-electron chi connectivity index (χ2n) is 6.29. The van der Waals surface area contributed by atoms with Crippen molar-refractivity contribution < 1.29 is 23.8 Å². The van der Waals surface area contributed by atoms with E-state index in [2.05, 4.69) is 10.1 Å². The lowest BCUT2D eigenvalue weighted by Crippen LogP contribution is -2.48. The number of benzene rings is 1. The summed E-state index contributed by atoms with van der Waals surface area (Å²) in [5.41, 5.74) is 0.464. The molecule has 0 saturated carbocycles. The van der Waals surface area contributed by atoms with Crippen molar-refractivity contribution in [3.05, 3.63) is 41.7 Å². The van der Waals surface area contributed by atoms with Crippen molar-refractivity contribution in [2.45, 2.75) is 25.9 Å². The Labute approximate surface area is 149 Å². The summed E-state index contributed by atoms with van der Waals surface area (Å²) >= 11 is 0. The minimum absolute atomic E-state index is 0.0519. The molecule has 1 aliphatic rings. The standard InChI is InChI=1S/C17H19FN4O4/c1-10(2)15-19-14(20-22(15)12-5-3-4-11(18)8-12)16(23)21-6-7-26-13(9-21)17(24)25/h3-5,8,10,13H,6-7,9H2,1-2H3,(H,24,25)/t13-/m1/s1. The Morgan fingerprint density at radius 1 is 1.38 bits per heavy atom. The Morgan fingerprint density at radius 3 is 2.81 bits per heavy atom. The van der Waals surface area contributed by atoms with Crippen LogP contribution >= 0.6 is 0 Å². The third-order valence-electron chi connectivity index (χ3n) is 4.02. The monoisotopic (exact) mass is 362 g/mol. The molecule has 1 saturated heterocycles. The summed E-state index contributed by atoms with van der Waals surface area (Å²) in [5.74, 6) is -1.60. The molecule has 0 radical (unpaired) electrons. The van der Waals surface area contributed by atoms with Crippen LogP contribution < -0.4 is 0 Å². The second kappa shape index (κ2) is 7.20. The summed E-state index contributed by atoms with van der Waals surface area (Å²) in [6.07, 6.45) is -1.07. The van der Waals surface area contributed by atoms with Crippen LogP contribution in [0, 0.1) is 5.82 Å². The largest absolute Gasteiger partial charge is 0.479 e. The normalized spacial score (nSPS) is 17.5. The van der Waals surface area contributed by atoms with Crippen LogP contribution in [0.4, 0.5) is 4.39 Å². The highest BCUT2D eigenvalue weighted by Crippen LogP contribution is 2.19. The molecule has 0 unspecified atom stereocenters. The Kier molecular flexibility index (Phi) is 4.99. The number of morpholine rings is 1. The first-order valence-electron chi connectivity index (χ1n) is 8.23. The third-order valence-corrected chi connectivity index (χ3v) is 4.02. The van der Waals surface area contributed by atoms with E-state index in [9.17, 15) is 14.0 Å². The van der Waals surface area contributed by atoms with Crippen LogP contribution in [0.5, 0.6) is 0 Å². The maximum absolute atomic E-state index is 13.6. The van der Waals surface area contributed by atoms with Gasteiger partial charge in [0.25, 0.3) is 5.91 Å². The van der Waals surface area contributed by atoms with Crippen LogP contribution in [0.1, 0.15) is 36.2 Å². The smallest absolute Gasteiger partial charge is 0.334 e.